The number of alkyl carbamates (subject to hydrolysis) is 1. The second kappa shape index (κ2) is 6.65. The SMILES string of the molecule is CC(C)(C)OC(=O)N[C@H]1CCCc2cc(/C=C/C#N)ccc21. The minimum atomic E-state index is -0.493. The average Bonchev–Trinajstić information content (AvgIpc) is 2.43. The molecule has 0 heterocycles. The number of hydrogen-bond donors (Lipinski definition) is 1. The highest BCUT2D eigenvalue weighted by atomic mass is 16.6. The van der Waals surface area contributed by atoms with Gasteiger partial charge >= 0.3 is 6.09 Å². The van der Waals surface area contributed by atoms with Crippen molar-refractivity contribution in [2.75, 3.05) is 0 Å². The number of nitrogens with zero attached hydrogens (tertiary/aromatic N) is 1. The Bertz CT molecular complexity index is 621. The van der Waals surface area contributed by atoms with E-state index in [9.17, 15) is 4.79 Å². The Morgan fingerprint density at radius 1 is 1.45 bits per heavy atom. The lowest BCUT2D eigenvalue weighted by atomic mass is 9.86. The van der Waals surface area contributed by atoms with E-state index in [1.54, 1.807) is 6.08 Å². The molecule has 1 aliphatic rings. The molecular formula is C18H22N2O2. The molecule has 1 aromatic rings. The summed E-state index contributed by atoms with van der Waals surface area (Å²) in [5, 5.41) is 11.6. The van der Waals surface area contributed by atoms with Crippen LogP contribution in [-0.4, -0.2) is 11.7 Å². The van der Waals surface area contributed by atoms with Crippen molar-refractivity contribution in [2.24, 2.45) is 0 Å². The third-order valence-corrected chi connectivity index (χ3v) is 3.52. The first-order valence-corrected chi connectivity index (χ1v) is 7.57. The number of amides is 1. The molecule has 116 valence electrons. The monoisotopic (exact) mass is 298 g/mol. The summed E-state index contributed by atoms with van der Waals surface area (Å²) >= 11 is 0. The molecule has 4 heteroatoms. The minimum Gasteiger partial charge on any atom is -0.444 e. The van der Waals surface area contributed by atoms with Crippen LogP contribution in [0, 0.1) is 11.3 Å². The van der Waals surface area contributed by atoms with E-state index in [0.717, 1.165) is 30.4 Å². The summed E-state index contributed by atoms with van der Waals surface area (Å²) in [7, 11) is 0. The van der Waals surface area contributed by atoms with Gasteiger partial charge < -0.3 is 10.1 Å². The predicted molar refractivity (Wildman–Crippen MR) is 86.1 cm³/mol. The summed E-state index contributed by atoms with van der Waals surface area (Å²) in [4.78, 5) is 12.0. The van der Waals surface area contributed by atoms with Crippen molar-refractivity contribution in [3.63, 3.8) is 0 Å². The molecule has 0 fully saturated rings. The van der Waals surface area contributed by atoms with Gasteiger partial charge in [-0.05, 0) is 62.8 Å². The molecule has 0 radical (unpaired) electrons. The quantitative estimate of drug-likeness (QED) is 0.835. The number of rotatable bonds is 2. The number of hydrogen-bond acceptors (Lipinski definition) is 3. The molecule has 0 saturated carbocycles. The number of fused-ring (bicyclic) bond motifs is 1. The van der Waals surface area contributed by atoms with Gasteiger partial charge in [0.2, 0.25) is 0 Å². The molecule has 0 spiro atoms. The van der Waals surface area contributed by atoms with Gasteiger partial charge in [0.1, 0.15) is 5.60 Å². The van der Waals surface area contributed by atoms with Crippen LogP contribution in [0.5, 0.6) is 0 Å². The van der Waals surface area contributed by atoms with Crippen LogP contribution in [0.1, 0.15) is 56.3 Å². The fourth-order valence-electron chi connectivity index (χ4n) is 2.67. The molecular weight excluding hydrogens is 276 g/mol. The van der Waals surface area contributed by atoms with Crippen LogP contribution in [0.4, 0.5) is 4.79 Å². The molecule has 1 N–H and O–H groups in total. The Kier molecular flexibility index (Phi) is 4.87. The number of carbonyl (C=O) groups excluding carboxylic acids is 1. The lowest BCUT2D eigenvalue weighted by molar-refractivity contribution is 0.0498. The zero-order valence-electron chi connectivity index (χ0n) is 13.3. The molecule has 1 aromatic carbocycles. The smallest absolute Gasteiger partial charge is 0.408 e. The molecule has 4 nitrogen and oxygen atoms in total. The highest BCUT2D eigenvalue weighted by Gasteiger charge is 2.24. The zero-order valence-corrected chi connectivity index (χ0v) is 13.3. The van der Waals surface area contributed by atoms with Gasteiger partial charge in [0.15, 0.2) is 0 Å². The molecule has 2 rings (SSSR count). The van der Waals surface area contributed by atoms with Crippen molar-refractivity contribution in [3.8, 4) is 6.07 Å². The maximum atomic E-state index is 12.0. The minimum absolute atomic E-state index is 0.00686. The molecule has 1 amide bonds. The Hall–Kier alpha value is -2.28. The Balaban J connectivity index is 2.13. The van der Waals surface area contributed by atoms with Crippen LogP contribution in [0.3, 0.4) is 0 Å². The van der Waals surface area contributed by atoms with Crippen molar-refractivity contribution in [2.45, 2.75) is 51.7 Å². The van der Waals surface area contributed by atoms with Gasteiger partial charge in [-0.25, -0.2) is 4.79 Å². The number of allylic oxidation sites excluding steroid dienone is 1. The lowest BCUT2D eigenvalue weighted by Crippen LogP contribution is -2.36. The van der Waals surface area contributed by atoms with Crippen LogP contribution in [0.15, 0.2) is 24.3 Å². The van der Waals surface area contributed by atoms with E-state index in [4.69, 9.17) is 10.00 Å². The van der Waals surface area contributed by atoms with Gasteiger partial charge in [0.05, 0.1) is 12.1 Å². The highest BCUT2D eigenvalue weighted by molar-refractivity contribution is 5.68. The van der Waals surface area contributed by atoms with Crippen molar-refractivity contribution in [3.05, 3.63) is 41.0 Å². The van der Waals surface area contributed by atoms with E-state index in [2.05, 4.69) is 11.4 Å². The van der Waals surface area contributed by atoms with Gasteiger partial charge in [0, 0.05) is 6.08 Å². The van der Waals surface area contributed by atoms with E-state index in [1.807, 2.05) is 39.0 Å². The molecule has 0 bridgehead atoms. The molecule has 0 aliphatic heterocycles. The third kappa shape index (κ3) is 4.36. The van der Waals surface area contributed by atoms with Crippen LogP contribution in [0.2, 0.25) is 0 Å². The number of benzene rings is 1. The molecule has 1 aliphatic carbocycles. The zero-order chi connectivity index (χ0) is 16.2. The van der Waals surface area contributed by atoms with E-state index in [-0.39, 0.29) is 12.1 Å². The van der Waals surface area contributed by atoms with E-state index < -0.39 is 5.60 Å². The topological polar surface area (TPSA) is 62.1 Å². The summed E-state index contributed by atoms with van der Waals surface area (Å²) in [6.07, 6.45) is 5.83. The van der Waals surface area contributed by atoms with E-state index in [1.165, 1.54) is 11.6 Å². The number of ether oxygens (including phenoxy) is 1. The largest absolute Gasteiger partial charge is 0.444 e. The third-order valence-electron chi connectivity index (χ3n) is 3.52. The van der Waals surface area contributed by atoms with Crippen molar-refractivity contribution in [1.82, 2.24) is 5.32 Å². The van der Waals surface area contributed by atoms with E-state index >= 15 is 0 Å². The first kappa shape index (κ1) is 16.1. The number of aryl methyl sites for hydroxylation is 1. The Labute approximate surface area is 131 Å². The lowest BCUT2D eigenvalue weighted by Gasteiger charge is -2.28. The van der Waals surface area contributed by atoms with Gasteiger partial charge in [-0.1, -0.05) is 18.2 Å². The molecule has 22 heavy (non-hydrogen) atoms. The number of nitrogens with one attached hydrogen (secondary N) is 1. The fraction of sp³-hybridized carbons (Fsp3) is 0.444. The maximum absolute atomic E-state index is 12.0. The second-order valence-corrected chi connectivity index (χ2v) is 6.51. The Morgan fingerprint density at radius 2 is 2.23 bits per heavy atom. The summed E-state index contributed by atoms with van der Waals surface area (Å²) in [5.74, 6) is 0. The maximum Gasteiger partial charge on any atom is 0.408 e. The average molecular weight is 298 g/mol. The first-order chi connectivity index (χ1) is 10.4. The molecule has 0 unspecified atom stereocenters. The summed E-state index contributed by atoms with van der Waals surface area (Å²) in [6, 6.07) is 8.09. The predicted octanol–water partition coefficient (Wildman–Crippen LogP) is 4.13. The van der Waals surface area contributed by atoms with Gasteiger partial charge in [-0.3, -0.25) is 0 Å². The molecule has 0 saturated heterocycles. The van der Waals surface area contributed by atoms with Gasteiger partial charge in [-0.2, -0.15) is 5.26 Å². The van der Waals surface area contributed by atoms with Gasteiger partial charge in [-0.15, -0.1) is 0 Å². The summed E-state index contributed by atoms with van der Waals surface area (Å²) < 4.78 is 5.34. The summed E-state index contributed by atoms with van der Waals surface area (Å²) in [5.41, 5.74) is 2.89. The van der Waals surface area contributed by atoms with Crippen molar-refractivity contribution >= 4 is 12.2 Å². The van der Waals surface area contributed by atoms with Crippen molar-refractivity contribution < 1.29 is 9.53 Å². The standard InChI is InChI=1S/C18H22N2O2/c1-18(2,3)22-17(21)20-16-8-4-7-14-12-13(6-5-11-19)9-10-15(14)16/h5-6,9-10,12,16H,4,7-8H2,1-3H3,(H,20,21)/b6-5+/t16-/m0/s1. The number of carbonyl (C=O) groups is 1. The second-order valence-electron chi connectivity index (χ2n) is 6.51. The molecule has 1 atom stereocenters. The van der Waals surface area contributed by atoms with Crippen molar-refractivity contribution in [1.29, 1.82) is 5.26 Å². The van der Waals surface area contributed by atoms with Crippen LogP contribution < -0.4 is 5.32 Å². The van der Waals surface area contributed by atoms with Crippen LogP contribution >= 0.6 is 0 Å². The fourth-order valence-corrected chi connectivity index (χ4v) is 2.67. The summed E-state index contributed by atoms with van der Waals surface area (Å²) in [6.45, 7) is 5.57. The number of nitriles is 1. The Morgan fingerprint density at radius 3 is 2.91 bits per heavy atom. The normalized spacial score (nSPS) is 17.6. The molecule has 0 aromatic heterocycles. The first-order valence-electron chi connectivity index (χ1n) is 7.57. The van der Waals surface area contributed by atoms with Gasteiger partial charge in [0.25, 0.3) is 0 Å². The van der Waals surface area contributed by atoms with E-state index in [0.29, 0.717) is 0 Å². The highest BCUT2D eigenvalue weighted by Crippen LogP contribution is 2.31. The van der Waals surface area contributed by atoms with Crippen LogP contribution in [-0.2, 0) is 11.2 Å². The van der Waals surface area contributed by atoms with Crippen LogP contribution in [0.25, 0.3) is 6.08 Å².